The summed E-state index contributed by atoms with van der Waals surface area (Å²) in [5.74, 6) is -1.12. The molecule has 3 aliphatic carbocycles. The third kappa shape index (κ3) is 3.71. The van der Waals surface area contributed by atoms with Crippen LogP contribution in [-0.4, -0.2) is 52.1 Å². The van der Waals surface area contributed by atoms with Crippen LogP contribution in [0.25, 0.3) is 0 Å². The van der Waals surface area contributed by atoms with Gasteiger partial charge in [0, 0.05) is 0 Å². The minimum absolute atomic E-state index is 0.147. The van der Waals surface area contributed by atoms with Crippen molar-refractivity contribution in [2.24, 2.45) is 17.3 Å². The van der Waals surface area contributed by atoms with Gasteiger partial charge in [-0.2, -0.15) is 0 Å². The maximum absolute atomic E-state index is 14.1. The van der Waals surface area contributed by atoms with Crippen LogP contribution in [0.4, 0.5) is 4.79 Å². The summed E-state index contributed by atoms with van der Waals surface area (Å²) in [6, 6.07) is 9.01. The number of Topliss-reactive ketones (excluding diaryl/α,β-unsaturated/α-hetero) is 1. The summed E-state index contributed by atoms with van der Waals surface area (Å²) in [6.07, 6.45) is 3.44. The van der Waals surface area contributed by atoms with Gasteiger partial charge in [-0.1, -0.05) is 0 Å². The van der Waals surface area contributed by atoms with Gasteiger partial charge in [-0.3, -0.25) is 0 Å². The molecular weight excluding hydrogens is 479 g/mol. The van der Waals surface area contributed by atoms with Crippen molar-refractivity contribution in [3.8, 4) is 0 Å². The average molecular weight is 509 g/mol. The first-order chi connectivity index (χ1) is 15.4. The Morgan fingerprint density at radius 2 is 1.75 bits per heavy atom. The number of hydrogen-bond donors (Lipinski definition) is 0. The van der Waals surface area contributed by atoms with E-state index in [2.05, 4.69) is 0 Å². The SMILES string of the molecule is COC(=O)O[C@@H]1CC[C@@]23CCCC[C@H](C[C@@](C(=O)OC)([Se](=O)c4ccccc4)C[C@H]12)C3=O. The Kier molecular flexibility index (Phi) is 6.55. The summed E-state index contributed by atoms with van der Waals surface area (Å²) in [6.45, 7) is 0. The van der Waals surface area contributed by atoms with Gasteiger partial charge in [-0.25, -0.2) is 0 Å². The van der Waals surface area contributed by atoms with Gasteiger partial charge in [0.2, 0.25) is 0 Å². The predicted octanol–water partition coefficient (Wildman–Crippen LogP) is 3.33. The van der Waals surface area contributed by atoms with Crippen LogP contribution in [0.15, 0.2) is 30.3 Å². The van der Waals surface area contributed by atoms with E-state index in [1.807, 2.05) is 6.07 Å². The number of hydrogen-bond acceptors (Lipinski definition) is 7. The summed E-state index contributed by atoms with van der Waals surface area (Å²) in [5, 5.41) is 0. The van der Waals surface area contributed by atoms with Crippen molar-refractivity contribution in [1.29, 1.82) is 0 Å². The molecule has 7 nitrogen and oxygen atoms in total. The molecule has 0 amide bonds. The summed E-state index contributed by atoms with van der Waals surface area (Å²) < 4.78 is 29.0. The third-order valence-corrected chi connectivity index (χ3v) is 11.7. The van der Waals surface area contributed by atoms with Gasteiger partial charge in [-0.05, 0) is 0 Å². The topological polar surface area (TPSA) is 96.0 Å². The number of rotatable bonds is 4. The Balaban J connectivity index is 1.85. The average Bonchev–Trinajstić information content (AvgIpc) is 3.02. The minimum atomic E-state index is -2.97. The van der Waals surface area contributed by atoms with Crippen LogP contribution in [0.3, 0.4) is 0 Å². The fourth-order valence-electron chi connectivity index (χ4n) is 6.27. The van der Waals surface area contributed by atoms with Crippen LogP contribution in [0.2, 0.25) is 4.31 Å². The van der Waals surface area contributed by atoms with E-state index < -0.39 is 41.8 Å². The van der Waals surface area contributed by atoms with Crippen LogP contribution in [0, 0.1) is 17.3 Å². The van der Waals surface area contributed by atoms with Gasteiger partial charge < -0.3 is 0 Å². The van der Waals surface area contributed by atoms with Gasteiger partial charge in [0.15, 0.2) is 0 Å². The predicted molar refractivity (Wildman–Crippen MR) is 116 cm³/mol. The number of methoxy groups -OCH3 is 2. The Labute approximate surface area is 192 Å². The third-order valence-electron chi connectivity index (χ3n) is 7.73. The molecule has 3 fully saturated rings. The van der Waals surface area contributed by atoms with Crippen LogP contribution in [0.5, 0.6) is 0 Å². The second kappa shape index (κ2) is 9.06. The second-order valence-corrected chi connectivity index (χ2v) is 13.0. The van der Waals surface area contributed by atoms with E-state index in [-0.39, 0.29) is 30.5 Å². The Bertz CT molecular complexity index is 916. The number of carbonyl (C=O) groups is 3. The van der Waals surface area contributed by atoms with E-state index in [0.29, 0.717) is 30.1 Å². The molecule has 6 atom stereocenters. The van der Waals surface area contributed by atoms with Crippen molar-refractivity contribution in [2.45, 2.75) is 61.8 Å². The molecule has 0 N–H and O–H groups in total. The summed E-state index contributed by atoms with van der Waals surface area (Å²) in [5.41, 5.74) is -0.655. The van der Waals surface area contributed by atoms with Crippen molar-refractivity contribution in [3.05, 3.63) is 30.3 Å². The van der Waals surface area contributed by atoms with Gasteiger partial charge in [0.1, 0.15) is 0 Å². The van der Waals surface area contributed by atoms with Gasteiger partial charge in [-0.15, -0.1) is 0 Å². The molecule has 0 radical (unpaired) electrons. The molecule has 8 heteroatoms. The molecule has 3 saturated carbocycles. The Morgan fingerprint density at radius 1 is 1.00 bits per heavy atom. The summed E-state index contributed by atoms with van der Waals surface area (Å²) >= 11 is -2.97. The number of benzene rings is 1. The molecule has 174 valence electrons. The maximum atomic E-state index is 14.1. The van der Waals surface area contributed by atoms with Crippen LogP contribution in [0.1, 0.15) is 51.4 Å². The Morgan fingerprint density at radius 3 is 2.44 bits per heavy atom. The summed E-state index contributed by atoms with van der Waals surface area (Å²) in [7, 11) is 2.56. The molecule has 1 aromatic rings. The van der Waals surface area contributed by atoms with Crippen LogP contribution < -0.4 is 4.46 Å². The zero-order valence-electron chi connectivity index (χ0n) is 18.5. The number of ketones is 1. The van der Waals surface area contributed by atoms with E-state index in [9.17, 15) is 18.2 Å². The Hall–Kier alpha value is -2.05. The van der Waals surface area contributed by atoms with Crippen molar-refractivity contribution in [3.63, 3.8) is 0 Å². The molecule has 4 rings (SSSR count). The number of carbonyl (C=O) groups excluding carboxylic acids is 3. The molecule has 1 aromatic carbocycles. The van der Waals surface area contributed by atoms with Crippen molar-refractivity contribution in [2.75, 3.05) is 14.2 Å². The van der Waals surface area contributed by atoms with E-state index in [1.165, 1.54) is 14.2 Å². The van der Waals surface area contributed by atoms with Crippen molar-refractivity contribution in [1.82, 2.24) is 0 Å². The molecule has 0 heterocycles. The number of esters is 1. The fraction of sp³-hybridized carbons (Fsp3) is 0.625. The van der Waals surface area contributed by atoms with Crippen molar-refractivity contribution >= 4 is 36.2 Å². The molecule has 32 heavy (non-hydrogen) atoms. The first kappa shape index (κ1) is 23.1. The summed E-state index contributed by atoms with van der Waals surface area (Å²) in [4.78, 5) is 39.3. The van der Waals surface area contributed by atoms with Crippen LogP contribution >= 0.6 is 0 Å². The molecule has 1 spiro atoms. The molecule has 3 aliphatic rings. The monoisotopic (exact) mass is 510 g/mol. The fourth-order valence-corrected chi connectivity index (χ4v) is 9.99. The molecule has 2 bridgehead atoms. The van der Waals surface area contributed by atoms with Gasteiger partial charge >= 0.3 is 192 Å². The standard InChI is InChI=1S/C24H30O7Se/c1-29-21(26)24(32(28)17-9-4-3-5-10-17)14-16-8-6-7-12-23(20(16)25)13-11-19(18(23)15-24)31-22(27)30-2/h3-5,9-10,16,18-19H,6-8,11-15H2,1-2H3/t16-,18-,19-,23+,24-,32?/m1/s1. The van der Waals surface area contributed by atoms with Crippen LogP contribution in [-0.2, 0) is 27.6 Å². The molecular formula is C24H30O7Se. The zero-order chi connectivity index (χ0) is 22.9. The van der Waals surface area contributed by atoms with E-state index in [1.54, 1.807) is 24.3 Å². The second-order valence-electron chi connectivity index (χ2n) is 9.19. The first-order valence-electron chi connectivity index (χ1n) is 11.2. The zero-order valence-corrected chi connectivity index (χ0v) is 20.3. The number of ether oxygens (including phenoxy) is 3. The quantitative estimate of drug-likeness (QED) is 0.454. The normalized spacial score (nSPS) is 35.1. The molecule has 0 aliphatic heterocycles. The molecule has 0 saturated heterocycles. The molecule has 0 aromatic heterocycles. The van der Waals surface area contributed by atoms with Gasteiger partial charge in [0.25, 0.3) is 0 Å². The van der Waals surface area contributed by atoms with E-state index >= 15 is 0 Å². The number of fused-ring (bicyclic) bond motifs is 1. The van der Waals surface area contributed by atoms with E-state index in [0.717, 1.165) is 12.8 Å². The molecule has 1 unspecified atom stereocenters. The van der Waals surface area contributed by atoms with E-state index in [4.69, 9.17) is 14.2 Å². The first-order valence-corrected chi connectivity index (χ1v) is 13.6. The van der Waals surface area contributed by atoms with Crippen molar-refractivity contribution < 1.29 is 32.4 Å². The van der Waals surface area contributed by atoms with Gasteiger partial charge in [0.05, 0.1) is 0 Å².